The number of aliphatic hydroxyl groups is 1. The van der Waals surface area contributed by atoms with E-state index in [9.17, 15) is 14.3 Å². The maximum absolute atomic E-state index is 13.4. The van der Waals surface area contributed by atoms with Crippen molar-refractivity contribution in [1.29, 1.82) is 0 Å². The summed E-state index contributed by atoms with van der Waals surface area (Å²) in [6.45, 7) is 2.15. The molecule has 0 saturated heterocycles. The Kier molecular flexibility index (Phi) is 5.98. The number of carbonyl (C=O) groups excluding carboxylic acids is 1. The molecule has 0 fully saturated rings. The third-order valence-electron chi connectivity index (χ3n) is 2.33. The fourth-order valence-electron chi connectivity index (χ4n) is 1.35. The largest absolute Gasteiger partial charge is 0.506 e. The molecule has 1 aromatic carbocycles. The Morgan fingerprint density at radius 2 is 2.10 bits per heavy atom. The molecule has 0 aliphatic rings. The van der Waals surface area contributed by atoms with Crippen molar-refractivity contribution in [2.24, 2.45) is 4.99 Å². The average Bonchev–Trinajstić information content (AvgIpc) is 2.42. The summed E-state index contributed by atoms with van der Waals surface area (Å²) in [7, 11) is 1.15. The third-order valence-corrected chi connectivity index (χ3v) is 2.93. The molecule has 0 aliphatic carbocycles. The number of carbonyl (C=O) groups is 1. The molecule has 0 aliphatic heterocycles. The van der Waals surface area contributed by atoms with Crippen LogP contribution in [0.25, 0.3) is 5.76 Å². The lowest BCUT2D eigenvalue weighted by Gasteiger charge is -2.08. The standard InChI is InChI=1S/C13H12Cl2FNO3/c1-3-17-6-8(13(19)20-2)12(18)7-4-11(16)10(15)5-9(7)14/h4-6,18H,3H2,1-2H3. The summed E-state index contributed by atoms with van der Waals surface area (Å²) in [4.78, 5) is 15.5. The normalized spacial score (nSPS) is 12.4. The molecule has 0 saturated carbocycles. The quantitative estimate of drug-likeness (QED) is 0.303. The summed E-state index contributed by atoms with van der Waals surface area (Å²) in [5, 5.41) is 9.91. The molecular formula is C13H12Cl2FNO3. The summed E-state index contributed by atoms with van der Waals surface area (Å²) < 4.78 is 18.0. The van der Waals surface area contributed by atoms with Gasteiger partial charge in [0.15, 0.2) is 0 Å². The first kappa shape index (κ1) is 16.5. The Balaban J connectivity index is 3.45. The van der Waals surface area contributed by atoms with E-state index in [-0.39, 0.29) is 21.2 Å². The molecule has 0 atom stereocenters. The first-order chi connectivity index (χ1) is 9.42. The Morgan fingerprint density at radius 1 is 1.45 bits per heavy atom. The number of methoxy groups -OCH3 is 1. The van der Waals surface area contributed by atoms with E-state index in [1.807, 2.05) is 0 Å². The summed E-state index contributed by atoms with van der Waals surface area (Å²) in [5.41, 5.74) is -0.297. The predicted octanol–water partition coefficient (Wildman–Crippen LogP) is 3.67. The van der Waals surface area contributed by atoms with Crippen LogP contribution in [0.1, 0.15) is 12.5 Å². The molecule has 0 aromatic heterocycles. The number of hydrogen-bond donors (Lipinski definition) is 1. The van der Waals surface area contributed by atoms with Gasteiger partial charge in [-0.05, 0) is 19.1 Å². The first-order valence-electron chi connectivity index (χ1n) is 5.58. The van der Waals surface area contributed by atoms with Crippen molar-refractivity contribution in [1.82, 2.24) is 0 Å². The lowest BCUT2D eigenvalue weighted by Crippen LogP contribution is -2.09. The molecule has 7 heteroatoms. The summed E-state index contributed by atoms with van der Waals surface area (Å²) in [5.74, 6) is -2.12. The van der Waals surface area contributed by atoms with Crippen molar-refractivity contribution in [3.8, 4) is 0 Å². The molecule has 0 spiro atoms. The molecule has 20 heavy (non-hydrogen) atoms. The van der Waals surface area contributed by atoms with E-state index in [4.69, 9.17) is 23.2 Å². The van der Waals surface area contributed by atoms with E-state index in [1.165, 1.54) is 0 Å². The van der Waals surface area contributed by atoms with Gasteiger partial charge in [-0.3, -0.25) is 4.99 Å². The molecule has 0 amide bonds. The van der Waals surface area contributed by atoms with Crippen LogP contribution in [0.5, 0.6) is 0 Å². The van der Waals surface area contributed by atoms with Gasteiger partial charge >= 0.3 is 5.97 Å². The van der Waals surface area contributed by atoms with E-state index in [0.29, 0.717) is 6.54 Å². The maximum atomic E-state index is 13.4. The van der Waals surface area contributed by atoms with Gasteiger partial charge in [-0.25, -0.2) is 9.18 Å². The predicted molar refractivity (Wildman–Crippen MR) is 77.0 cm³/mol. The third kappa shape index (κ3) is 3.71. The molecule has 0 bridgehead atoms. The number of nitrogens with zero attached hydrogens (tertiary/aromatic N) is 1. The topological polar surface area (TPSA) is 58.9 Å². The van der Waals surface area contributed by atoms with Crippen LogP contribution >= 0.6 is 23.2 Å². The number of aliphatic hydroxyl groups excluding tert-OH is 1. The Morgan fingerprint density at radius 3 is 2.65 bits per heavy atom. The maximum Gasteiger partial charge on any atom is 0.343 e. The van der Waals surface area contributed by atoms with Crippen LogP contribution in [0.2, 0.25) is 10.0 Å². The van der Waals surface area contributed by atoms with Gasteiger partial charge in [0, 0.05) is 18.3 Å². The lowest BCUT2D eigenvalue weighted by atomic mass is 10.1. The monoisotopic (exact) mass is 319 g/mol. The van der Waals surface area contributed by atoms with Crippen molar-refractivity contribution in [3.63, 3.8) is 0 Å². The molecule has 1 aromatic rings. The average molecular weight is 320 g/mol. The van der Waals surface area contributed by atoms with Gasteiger partial charge in [-0.2, -0.15) is 0 Å². The Hall–Kier alpha value is -1.59. The lowest BCUT2D eigenvalue weighted by molar-refractivity contribution is -0.135. The van der Waals surface area contributed by atoms with Crippen molar-refractivity contribution < 1.29 is 19.0 Å². The number of benzene rings is 1. The minimum Gasteiger partial charge on any atom is -0.506 e. The van der Waals surface area contributed by atoms with Gasteiger partial charge in [0.25, 0.3) is 0 Å². The van der Waals surface area contributed by atoms with Crippen LogP contribution in [-0.4, -0.2) is 30.9 Å². The van der Waals surface area contributed by atoms with E-state index in [2.05, 4.69) is 9.73 Å². The Labute approximate surface area is 125 Å². The number of esters is 1. The molecule has 0 heterocycles. The van der Waals surface area contributed by atoms with Crippen LogP contribution in [0.4, 0.5) is 4.39 Å². The summed E-state index contributed by atoms with van der Waals surface area (Å²) >= 11 is 11.4. The molecule has 4 nitrogen and oxygen atoms in total. The molecular weight excluding hydrogens is 308 g/mol. The highest BCUT2D eigenvalue weighted by Crippen LogP contribution is 2.29. The SMILES string of the molecule is CCN=CC(C(=O)OC)=C(O)c1cc(F)c(Cl)cc1Cl. The number of ether oxygens (including phenoxy) is 1. The second kappa shape index (κ2) is 7.26. The van der Waals surface area contributed by atoms with E-state index in [0.717, 1.165) is 25.5 Å². The fourth-order valence-corrected chi connectivity index (χ4v) is 1.82. The second-order valence-electron chi connectivity index (χ2n) is 3.63. The van der Waals surface area contributed by atoms with Gasteiger partial charge in [-0.1, -0.05) is 23.2 Å². The Bertz CT molecular complexity index is 585. The van der Waals surface area contributed by atoms with Crippen LogP contribution in [0, 0.1) is 5.82 Å². The molecule has 108 valence electrons. The molecule has 1 N–H and O–H groups in total. The van der Waals surface area contributed by atoms with E-state index in [1.54, 1.807) is 6.92 Å². The van der Waals surface area contributed by atoms with Crippen molar-refractivity contribution in [2.75, 3.05) is 13.7 Å². The van der Waals surface area contributed by atoms with Crippen LogP contribution < -0.4 is 0 Å². The number of aliphatic imine (C=N–C) groups is 1. The zero-order valence-corrected chi connectivity index (χ0v) is 12.3. The minimum absolute atomic E-state index is 0.000187. The zero-order valence-electron chi connectivity index (χ0n) is 10.8. The van der Waals surface area contributed by atoms with Crippen molar-refractivity contribution in [2.45, 2.75) is 6.92 Å². The van der Waals surface area contributed by atoms with Crippen LogP contribution in [0.15, 0.2) is 22.7 Å². The van der Waals surface area contributed by atoms with Crippen molar-refractivity contribution >= 4 is 41.1 Å². The second-order valence-corrected chi connectivity index (χ2v) is 4.44. The number of hydrogen-bond acceptors (Lipinski definition) is 4. The zero-order chi connectivity index (χ0) is 15.3. The van der Waals surface area contributed by atoms with Gasteiger partial charge in [0.2, 0.25) is 0 Å². The van der Waals surface area contributed by atoms with Gasteiger partial charge in [0.05, 0.1) is 17.2 Å². The summed E-state index contributed by atoms with van der Waals surface area (Å²) in [6, 6.07) is 2.07. The summed E-state index contributed by atoms with van der Waals surface area (Å²) in [6.07, 6.45) is 1.14. The highest BCUT2D eigenvalue weighted by molar-refractivity contribution is 6.36. The van der Waals surface area contributed by atoms with Crippen molar-refractivity contribution in [3.05, 3.63) is 39.1 Å². The first-order valence-corrected chi connectivity index (χ1v) is 6.34. The van der Waals surface area contributed by atoms with Crippen LogP contribution in [0.3, 0.4) is 0 Å². The van der Waals surface area contributed by atoms with E-state index >= 15 is 0 Å². The van der Waals surface area contributed by atoms with Gasteiger partial charge in [-0.15, -0.1) is 0 Å². The highest BCUT2D eigenvalue weighted by atomic mass is 35.5. The molecule has 0 radical (unpaired) electrons. The van der Waals surface area contributed by atoms with Gasteiger partial charge < -0.3 is 9.84 Å². The van der Waals surface area contributed by atoms with E-state index < -0.39 is 17.5 Å². The molecule has 0 unspecified atom stereocenters. The highest BCUT2D eigenvalue weighted by Gasteiger charge is 2.19. The smallest absolute Gasteiger partial charge is 0.343 e. The fraction of sp³-hybridized carbons (Fsp3) is 0.231. The minimum atomic E-state index is -0.814. The molecule has 1 rings (SSSR count). The van der Waals surface area contributed by atoms with Gasteiger partial charge in [0.1, 0.15) is 17.1 Å². The number of rotatable bonds is 4. The van der Waals surface area contributed by atoms with Crippen LogP contribution in [-0.2, 0) is 9.53 Å². The number of halogens is 3.